The van der Waals surface area contributed by atoms with Gasteiger partial charge in [0.15, 0.2) is 0 Å². The van der Waals surface area contributed by atoms with Crippen LogP contribution in [0.25, 0.3) is 0 Å². The number of nitrogens with one attached hydrogen (secondary N) is 1. The van der Waals surface area contributed by atoms with Gasteiger partial charge in [-0.05, 0) is 32.3 Å². The lowest BCUT2D eigenvalue weighted by molar-refractivity contribution is 0.518. The number of hydrogen-bond donors (Lipinski definition) is 1. The highest BCUT2D eigenvalue weighted by atomic mass is 14.9. The zero-order valence-electron chi connectivity index (χ0n) is 9.79. The second kappa shape index (κ2) is 6.41. The van der Waals surface area contributed by atoms with Crippen molar-refractivity contribution in [3.8, 4) is 0 Å². The first-order valence-electron chi connectivity index (χ1n) is 5.62. The molecule has 1 unspecified atom stereocenters. The van der Waals surface area contributed by atoms with E-state index in [0.717, 1.165) is 19.4 Å². The second-order valence-electron chi connectivity index (χ2n) is 4.14. The van der Waals surface area contributed by atoms with Crippen molar-refractivity contribution in [2.24, 2.45) is 0 Å². The molecule has 0 saturated carbocycles. The van der Waals surface area contributed by atoms with Crippen molar-refractivity contribution < 1.29 is 0 Å². The van der Waals surface area contributed by atoms with Gasteiger partial charge in [0.2, 0.25) is 0 Å². The first-order valence-corrected chi connectivity index (χ1v) is 5.62. The van der Waals surface area contributed by atoms with Crippen LogP contribution in [-0.4, -0.2) is 6.04 Å². The van der Waals surface area contributed by atoms with Crippen molar-refractivity contribution in [2.45, 2.75) is 39.3 Å². The molecule has 82 valence electrons. The van der Waals surface area contributed by atoms with Gasteiger partial charge >= 0.3 is 0 Å². The molecule has 0 heterocycles. The highest BCUT2D eigenvalue weighted by molar-refractivity contribution is 5.21. The van der Waals surface area contributed by atoms with Gasteiger partial charge in [-0.25, -0.2) is 0 Å². The van der Waals surface area contributed by atoms with Gasteiger partial charge in [0.05, 0.1) is 0 Å². The summed E-state index contributed by atoms with van der Waals surface area (Å²) >= 11 is 0. The van der Waals surface area contributed by atoms with Crippen molar-refractivity contribution in [1.29, 1.82) is 0 Å². The van der Waals surface area contributed by atoms with E-state index in [1.165, 1.54) is 11.1 Å². The van der Waals surface area contributed by atoms with Crippen LogP contribution in [0.2, 0.25) is 0 Å². The van der Waals surface area contributed by atoms with Crippen LogP contribution in [0.4, 0.5) is 0 Å². The maximum absolute atomic E-state index is 3.73. The monoisotopic (exact) mass is 203 g/mol. The van der Waals surface area contributed by atoms with Crippen LogP contribution in [-0.2, 0) is 6.54 Å². The van der Waals surface area contributed by atoms with Crippen molar-refractivity contribution in [3.63, 3.8) is 0 Å². The lowest BCUT2D eigenvalue weighted by atomic mass is 10.1. The van der Waals surface area contributed by atoms with Crippen LogP contribution in [0, 0.1) is 6.92 Å². The van der Waals surface area contributed by atoms with Crippen LogP contribution >= 0.6 is 0 Å². The maximum Gasteiger partial charge on any atom is 0.0208 e. The molecule has 1 aromatic rings. The third-order valence-corrected chi connectivity index (χ3v) is 2.54. The third-order valence-electron chi connectivity index (χ3n) is 2.54. The molecule has 1 rings (SSSR count). The molecule has 1 N–H and O–H groups in total. The molecular weight excluding hydrogens is 182 g/mol. The summed E-state index contributed by atoms with van der Waals surface area (Å²) in [6.45, 7) is 9.04. The van der Waals surface area contributed by atoms with Gasteiger partial charge in [0.1, 0.15) is 0 Å². The van der Waals surface area contributed by atoms with Crippen molar-refractivity contribution in [1.82, 2.24) is 5.32 Å². The van der Waals surface area contributed by atoms with E-state index in [4.69, 9.17) is 0 Å². The molecule has 1 aromatic carbocycles. The molecule has 1 atom stereocenters. The van der Waals surface area contributed by atoms with Gasteiger partial charge < -0.3 is 5.32 Å². The second-order valence-corrected chi connectivity index (χ2v) is 4.14. The Morgan fingerprint density at radius 3 is 2.93 bits per heavy atom. The molecular formula is C14H21N. The molecule has 0 aliphatic heterocycles. The largest absolute Gasteiger partial charge is 0.310 e. The predicted octanol–water partition coefficient (Wildman–Crippen LogP) is 3.44. The van der Waals surface area contributed by atoms with Crippen LogP contribution in [0.15, 0.2) is 36.9 Å². The van der Waals surface area contributed by atoms with Crippen molar-refractivity contribution >= 4 is 0 Å². The molecule has 0 aliphatic rings. The summed E-state index contributed by atoms with van der Waals surface area (Å²) in [6.07, 6.45) is 4.22. The molecule has 0 aliphatic carbocycles. The molecule has 1 heteroatoms. The molecule has 0 fully saturated rings. The number of rotatable bonds is 6. The van der Waals surface area contributed by atoms with Crippen molar-refractivity contribution in [2.75, 3.05) is 0 Å². The summed E-state index contributed by atoms with van der Waals surface area (Å²) in [7, 11) is 0. The topological polar surface area (TPSA) is 12.0 Å². The Morgan fingerprint density at radius 1 is 1.47 bits per heavy atom. The van der Waals surface area contributed by atoms with Crippen LogP contribution in [0.3, 0.4) is 0 Å². The first-order chi connectivity index (χ1) is 7.22. The summed E-state index contributed by atoms with van der Waals surface area (Å²) in [5.74, 6) is 0. The lowest BCUT2D eigenvalue weighted by Crippen LogP contribution is -2.25. The summed E-state index contributed by atoms with van der Waals surface area (Å²) in [6, 6.07) is 9.20. The fourth-order valence-electron chi connectivity index (χ4n) is 1.58. The van der Waals surface area contributed by atoms with E-state index >= 15 is 0 Å². The Balaban J connectivity index is 2.33. The Labute approximate surface area is 93.2 Å². The quantitative estimate of drug-likeness (QED) is 0.698. The SMILES string of the molecule is C=CCCC(C)NCc1cccc(C)c1. The molecule has 15 heavy (non-hydrogen) atoms. The number of hydrogen-bond acceptors (Lipinski definition) is 1. The van der Waals surface area contributed by atoms with E-state index in [0.29, 0.717) is 6.04 Å². The normalized spacial score (nSPS) is 12.4. The Kier molecular flexibility index (Phi) is 5.13. The van der Waals surface area contributed by atoms with Gasteiger partial charge in [0.25, 0.3) is 0 Å². The average molecular weight is 203 g/mol. The molecule has 0 saturated heterocycles. The smallest absolute Gasteiger partial charge is 0.0208 e. The first kappa shape index (κ1) is 12.0. The predicted molar refractivity (Wildman–Crippen MR) is 66.9 cm³/mol. The average Bonchev–Trinajstić information content (AvgIpc) is 2.23. The molecule has 0 amide bonds. The van der Waals surface area contributed by atoms with Gasteiger partial charge in [-0.1, -0.05) is 35.9 Å². The minimum Gasteiger partial charge on any atom is -0.310 e. The Bertz CT molecular complexity index is 304. The zero-order chi connectivity index (χ0) is 11.1. The maximum atomic E-state index is 3.73. The number of allylic oxidation sites excluding steroid dienone is 1. The number of aryl methyl sites for hydroxylation is 1. The molecule has 0 spiro atoms. The summed E-state index contributed by atoms with van der Waals surface area (Å²) < 4.78 is 0. The molecule has 0 radical (unpaired) electrons. The molecule has 1 nitrogen and oxygen atoms in total. The molecule has 0 aromatic heterocycles. The third kappa shape index (κ3) is 4.80. The fourth-order valence-corrected chi connectivity index (χ4v) is 1.58. The Morgan fingerprint density at radius 2 is 2.27 bits per heavy atom. The minimum absolute atomic E-state index is 0.559. The van der Waals surface area contributed by atoms with E-state index in [1.807, 2.05) is 6.08 Å². The van der Waals surface area contributed by atoms with E-state index in [1.54, 1.807) is 0 Å². The van der Waals surface area contributed by atoms with Crippen LogP contribution in [0.5, 0.6) is 0 Å². The number of benzene rings is 1. The van der Waals surface area contributed by atoms with Crippen LogP contribution in [0.1, 0.15) is 30.9 Å². The zero-order valence-corrected chi connectivity index (χ0v) is 9.79. The van der Waals surface area contributed by atoms with E-state index < -0.39 is 0 Å². The van der Waals surface area contributed by atoms with E-state index in [9.17, 15) is 0 Å². The standard InChI is InChI=1S/C14H21N/c1-4-5-8-13(3)15-11-14-9-6-7-12(2)10-14/h4,6-7,9-10,13,15H,1,5,8,11H2,2-3H3. The van der Waals surface area contributed by atoms with Crippen molar-refractivity contribution in [3.05, 3.63) is 48.0 Å². The summed E-state index contributed by atoms with van der Waals surface area (Å²) in [4.78, 5) is 0. The molecule has 0 bridgehead atoms. The van der Waals surface area contributed by atoms with Gasteiger partial charge in [-0.15, -0.1) is 6.58 Å². The van der Waals surface area contributed by atoms with Gasteiger partial charge in [0, 0.05) is 12.6 Å². The highest BCUT2D eigenvalue weighted by Gasteiger charge is 1.99. The highest BCUT2D eigenvalue weighted by Crippen LogP contribution is 2.04. The summed E-state index contributed by atoms with van der Waals surface area (Å²) in [5.41, 5.74) is 2.69. The van der Waals surface area contributed by atoms with E-state index in [-0.39, 0.29) is 0 Å². The van der Waals surface area contributed by atoms with Crippen LogP contribution < -0.4 is 5.32 Å². The summed E-state index contributed by atoms with van der Waals surface area (Å²) in [5, 5.41) is 3.51. The van der Waals surface area contributed by atoms with Gasteiger partial charge in [-0.3, -0.25) is 0 Å². The fraction of sp³-hybridized carbons (Fsp3) is 0.429. The Hall–Kier alpha value is -1.08. The minimum atomic E-state index is 0.559. The van der Waals surface area contributed by atoms with Gasteiger partial charge in [-0.2, -0.15) is 0 Å². The van der Waals surface area contributed by atoms with E-state index in [2.05, 4.69) is 50.0 Å². The lowest BCUT2D eigenvalue weighted by Gasteiger charge is -2.12.